The van der Waals surface area contributed by atoms with Gasteiger partial charge in [-0.15, -0.1) is 0 Å². The molecule has 2 N–H and O–H groups in total. The molecule has 29 heteroatoms. The van der Waals surface area contributed by atoms with Gasteiger partial charge < -0.3 is 43.7 Å². The number of hydrogen-bond acceptors (Lipinski definition) is 13. The van der Waals surface area contributed by atoms with Gasteiger partial charge in [-0.3, -0.25) is 29.0 Å². The predicted octanol–water partition coefficient (Wildman–Crippen LogP) is 15.3. The Hall–Kier alpha value is -8.50. The lowest BCUT2D eigenvalue weighted by Crippen LogP contribution is -2.45. The van der Waals surface area contributed by atoms with Crippen LogP contribution in [0.4, 0.5) is 73.6 Å². The molecule has 0 saturated heterocycles. The van der Waals surface area contributed by atoms with Crippen molar-refractivity contribution >= 4 is 59.5 Å². The van der Waals surface area contributed by atoms with Gasteiger partial charge in [0, 0.05) is 37.6 Å². The lowest BCUT2D eigenvalue weighted by molar-refractivity contribution is -0.156. The summed E-state index contributed by atoms with van der Waals surface area (Å²) in [5.74, 6) is -1.17. The number of hydrogen-bond donors (Lipinski definition) is 2. The van der Waals surface area contributed by atoms with Crippen LogP contribution < -0.4 is 14.5 Å². The van der Waals surface area contributed by atoms with Crippen molar-refractivity contribution in [2.75, 3.05) is 62.3 Å². The maximum absolute atomic E-state index is 13.4. The van der Waals surface area contributed by atoms with E-state index in [4.69, 9.17) is 28.8 Å². The van der Waals surface area contributed by atoms with Gasteiger partial charge in [-0.25, -0.2) is 9.59 Å². The number of aliphatic hydroxyl groups excluding tert-OH is 1. The van der Waals surface area contributed by atoms with Crippen LogP contribution >= 0.6 is 0 Å². The number of esters is 2. The monoisotopic (exact) mass is 1380 g/mol. The summed E-state index contributed by atoms with van der Waals surface area (Å²) >= 11 is 0. The molecule has 2 aliphatic rings. The van der Waals surface area contributed by atoms with Crippen LogP contribution in [-0.4, -0.2) is 131 Å². The van der Waals surface area contributed by atoms with Crippen molar-refractivity contribution in [3.05, 3.63) is 129 Å². The van der Waals surface area contributed by atoms with Crippen LogP contribution in [0.1, 0.15) is 148 Å². The minimum Gasteiger partial charge on any atom is -0.508 e. The molecule has 4 aromatic rings. The number of anilines is 2. The van der Waals surface area contributed by atoms with Crippen LogP contribution in [-0.2, 0) is 75.7 Å². The number of alkyl halides is 12. The van der Waals surface area contributed by atoms with E-state index in [-0.39, 0.29) is 76.8 Å². The third-order valence-electron chi connectivity index (χ3n) is 12.9. The van der Waals surface area contributed by atoms with E-state index in [1.165, 1.54) is 21.9 Å². The number of carbonyl (C=O) groups is 6. The number of halogens is 12. The first-order valence-corrected chi connectivity index (χ1v) is 29.5. The zero-order valence-corrected chi connectivity index (χ0v) is 54.4. The lowest BCUT2D eigenvalue weighted by atomic mass is 10.0. The number of benzene rings is 4. The van der Waals surface area contributed by atoms with Gasteiger partial charge >= 0.3 is 48.8 Å². The first-order chi connectivity index (χ1) is 43.4. The maximum atomic E-state index is 13.4. The van der Waals surface area contributed by atoms with Crippen LogP contribution in [0.15, 0.2) is 84.9 Å². The fraction of sp³-hybridized carbons (Fsp3) is 0.493. The number of nitrogens with zero attached hydrogens (tertiary/aromatic N) is 4. The van der Waals surface area contributed by atoms with E-state index in [1.54, 1.807) is 118 Å². The van der Waals surface area contributed by atoms with Gasteiger partial charge in [0.15, 0.2) is 0 Å². The average Bonchev–Trinajstić information content (AvgIpc) is 1.19. The second kappa shape index (κ2) is 33.0. The zero-order valence-electron chi connectivity index (χ0n) is 54.4. The topological polar surface area (TPSA) is 202 Å². The SMILES string of the molecule is C.CC(C)(C)OC(=O)CCN(CC(=O)N1CCc2cc(O)ccc21)C(=O)OC(C)(C)C.CC(C)(C)OC(=O)CCN(CC(=O)N1CCc2cc(OC/C=C/c3ccc(C(F)(F)F)cc3C(F)(F)F)ccc21)C(=O)OC(C)(C)C.OC/C=C/c1ccc(C(F)(F)F)cc1C(F)(F)F. The van der Waals surface area contributed by atoms with Crippen molar-refractivity contribution in [2.24, 2.45) is 0 Å². The highest BCUT2D eigenvalue weighted by atomic mass is 19.4. The highest BCUT2D eigenvalue weighted by Gasteiger charge is 2.40. The molecule has 0 unspecified atom stereocenters. The van der Waals surface area contributed by atoms with E-state index < -0.39 is 117 Å². The summed E-state index contributed by atoms with van der Waals surface area (Å²) in [6, 6.07) is 12.5. The molecular weight excluding hydrogens is 1300 g/mol. The number of aromatic hydroxyl groups is 1. The molecule has 4 amide bonds. The molecule has 0 aromatic heterocycles. The molecule has 2 aliphatic heterocycles. The van der Waals surface area contributed by atoms with Crippen molar-refractivity contribution in [3.63, 3.8) is 0 Å². The molecule has 0 bridgehead atoms. The summed E-state index contributed by atoms with van der Waals surface area (Å²) in [6.45, 7) is 20.1. The summed E-state index contributed by atoms with van der Waals surface area (Å²) in [6.07, 6.45) is -15.9. The molecular formula is C67H82F12N4O13. The van der Waals surface area contributed by atoms with Crippen LogP contribution in [0.5, 0.6) is 11.5 Å². The number of aliphatic hydroxyl groups is 1. The molecule has 2 heterocycles. The first-order valence-electron chi connectivity index (χ1n) is 29.5. The number of phenolic OH excluding ortho intramolecular Hbond substituents is 1. The van der Waals surface area contributed by atoms with Crippen molar-refractivity contribution in [2.45, 2.75) is 163 Å². The molecule has 0 spiro atoms. The van der Waals surface area contributed by atoms with Crippen molar-refractivity contribution < 1.29 is 115 Å². The number of fused-ring (bicyclic) bond motifs is 2. The Labute approximate surface area is 549 Å². The van der Waals surface area contributed by atoms with Gasteiger partial charge in [-0.2, -0.15) is 52.7 Å². The molecule has 532 valence electrons. The molecule has 6 rings (SSSR count). The molecule has 0 fully saturated rings. The summed E-state index contributed by atoms with van der Waals surface area (Å²) in [7, 11) is 0. The highest BCUT2D eigenvalue weighted by Crippen LogP contribution is 2.40. The van der Waals surface area contributed by atoms with Gasteiger partial charge in [-0.05, 0) is 185 Å². The number of amides is 4. The molecule has 0 radical (unpaired) electrons. The number of ether oxygens (including phenoxy) is 5. The standard InChI is InChI=1S/C33H38F6N2O6.C22H32N2O6.C11H8F6O.CH4/c1-30(2,3)46-28(43)14-15-40(29(44)47-31(4,5)6)20-27(42)41-16-13-22-18-24(11-12-26(22)41)45-17-7-8-21-9-10-23(32(34,35)36)19-25(21)33(37,38)39;1-21(2,3)29-19(27)10-11-23(20(28)30-22(4,5)6)14-18(26)24-12-9-15-13-16(25)7-8-17(15)24;12-10(13,14)8-4-3-7(2-1-5-18)9(6-8)11(15,16)17;/h7-12,18-19H,13-17,20H2,1-6H3;7-8,13,25H,9-12,14H2,1-6H3;1-4,6,18H,5H2;1H4/b8-7+;;2-1+;. The molecule has 0 saturated carbocycles. The summed E-state index contributed by atoms with van der Waals surface area (Å²) in [5.41, 5.74) is -6.44. The number of rotatable bonds is 16. The van der Waals surface area contributed by atoms with Gasteiger partial charge in [-0.1, -0.05) is 37.8 Å². The van der Waals surface area contributed by atoms with Gasteiger partial charge in [0.1, 0.15) is 53.6 Å². The summed E-state index contributed by atoms with van der Waals surface area (Å²) in [4.78, 5) is 81.7. The Morgan fingerprint density at radius 1 is 0.490 bits per heavy atom. The van der Waals surface area contributed by atoms with Crippen LogP contribution in [0.25, 0.3) is 12.2 Å². The van der Waals surface area contributed by atoms with Crippen molar-refractivity contribution in [1.29, 1.82) is 0 Å². The Morgan fingerprint density at radius 2 is 0.865 bits per heavy atom. The second-order valence-electron chi connectivity index (χ2n) is 25.6. The Kier molecular flexibility index (Phi) is 28.1. The van der Waals surface area contributed by atoms with E-state index >= 15 is 0 Å². The minimum absolute atomic E-state index is 0. The van der Waals surface area contributed by atoms with Crippen LogP contribution in [0.3, 0.4) is 0 Å². The van der Waals surface area contributed by atoms with E-state index in [0.29, 0.717) is 55.2 Å². The first kappa shape index (κ1) is 81.7. The van der Waals surface area contributed by atoms with E-state index in [2.05, 4.69) is 0 Å². The van der Waals surface area contributed by atoms with Crippen LogP contribution in [0, 0.1) is 0 Å². The Morgan fingerprint density at radius 3 is 1.23 bits per heavy atom. The molecule has 17 nitrogen and oxygen atoms in total. The second-order valence-corrected chi connectivity index (χ2v) is 25.6. The largest absolute Gasteiger partial charge is 0.508 e. The third kappa shape index (κ3) is 27.0. The maximum Gasteiger partial charge on any atom is 0.417 e. The van der Waals surface area contributed by atoms with E-state index in [0.717, 1.165) is 46.4 Å². The van der Waals surface area contributed by atoms with Gasteiger partial charge in [0.2, 0.25) is 11.8 Å². The average molecular weight is 1380 g/mol. The normalized spacial score (nSPS) is 13.5. The van der Waals surface area contributed by atoms with Crippen molar-refractivity contribution in [1.82, 2.24) is 9.80 Å². The van der Waals surface area contributed by atoms with Gasteiger partial charge in [0.25, 0.3) is 0 Å². The zero-order chi connectivity index (χ0) is 72.0. The number of phenols is 1. The molecule has 0 aliphatic carbocycles. The Bertz CT molecular complexity index is 3410. The van der Waals surface area contributed by atoms with Gasteiger partial charge in [0.05, 0.1) is 41.7 Å². The molecule has 4 aromatic carbocycles. The minimum atomic E-state index is -4.99. The fourth-order valence-electron chi connectivity index (χ4n) is 8.98. The highest BCUT2D eigenvalue weighted by molar-refractivity contribution is 5.99. The smallest absolute Gasteiger partial charge is 0.417 e. The molecule has 0 atom stereocenters. The summed E-state index contributed by atoms with van der Waals surface area (Å²) < 4.78 is 181. The third-order valence-corrected chi connectivity index (χ3v) is 12.9. The number of carbonyl (C=O) groups excluding carboxylic acids is 6. The quantitative estimate of drug-likeness (QED) is 0.0610. The lowest BCUT2D eigenvalue weighted by Gasteiger charge is -2.29. The summed E-state index contributed by atoms with van der Waals surface area (Å²) in [5, 5.41) is 18.1. The van der Waals surface area contributed by atoms with Crippen molar-refractivity contribution in [3.8, 4) is 11.5 Å². The fourth-order valence-corrected chi connectivity index (χ4v) is 8.98. The van der Waals surface area contributed by atoms with E-state index in [1.807, 2.05) is 0 Å². The van der Waals surface area contributed by atoms with Crippen LogP contribution in [0.2, 0.25) is 0 Å². The molecule has 96 heavy (non-hydrogen) atoms. The van der Waals surface area contributed by atoms with E-state index in [9.17, 15) is 86.6 Å². The Balaban J connectivity index is 0.000000417. The predicted molar refractivity (Wildman–Crippen MR) is 333 cm³/mol.